The minimum absolute atomic E-state index is 0.213. The van der Waals surface area contributed by atoms with E-state index in [2.05, 4.69) is 9.80 Å². The quantitative estimate of drug-likeness (QED) is 0.900. The van der Waals surface area contributed by atoms with Crippen LogP contribution in [0.15, 0.2) is 18.2 Å². The highest BCUT2D eigenvalue weighted by molar-refractivity contribution is 5.56. The fourth-order valence-electron chi connectivity index (χ4n) is 3.61. The van der Waals surface area contributed by atoms with Gasteiger partial charge in [0.2, 0.25) is 0 Å². The first-order chi connectivity index (χ1) is 9.66. The van der Waals surface area contributed by atoms with Gasteiger partial charge in [-0.1, -0.05) is 12.1 Å². The van der Waals surface area contributed by atoms with E-state index in [0.29, 0.717) is 17.3 Å². The molecule has 2 saturated heterocycles. The van der Waals surface area contributed by atoms with Crippen molar-refractivity contribution in [2.75, 3.05) is 31.1 Å². The fraction of sp³-hybridized carbons (Fsp3) is 0.625. The Morgan fingerprint density at radius 3 is 2.85 bits per heavy atom. The molecule has 1 unspecified atom stereocenters. The van der Waals surface area contributed by atoms with Crippen molar-refractivity contribution >= 4 is 5.69 Å². The molecule has 0 aromatic heterocycles. The third-order valence-electron chi connectivity index (χ3n) is 4.59. The minimum atomic E-state index is -0.636. The number of hydrogen-bond donors (Lipinski definition) is 1. The zero-order valence-electron chi connectivity index (χ0n) is 12.1. The van der Waals surface area contributed by atoms with E-state index in [-0.39, 0.29) is 5.82 Å². The average molecular weight is 278 g/mol. The lowest BCUT2D eigenvalue weighted by molar-refractivity contribution is 0.199. The van der Waals surface area contributed by atoms with Crippen molar-refractivity contribution in [3.63, 3.8) is 0 Å². The summed E-state index contributed by atoms with van der Waals surface area (Å²) in [6.45, 7) is 5.74. The van der Waals surface area contributed by atoms with Gasteiger partial charge in [0.15, 0.2) is 0 Å². The van der Waals surface area contributed by atoms with Gasteiger partial charge in [-0.2, -0.15) is 0 Å². The minimum Gasteiger partial charge on any atom is -0.389 e. The maximum atomic E-state index is 14.3. The maximum Gasteiger partial charge on any atom is 0.146 e. The lowest BCUT2D eigenvalue weighted by atomic mass is 10.1. The van der Waals surface area contributed by atoms with Gasteiger partial charge in [-0.05, 0) is 38.8 Å². The number of nitrogens with zero attached hydrogens (tertiary/aromatic N) is 2. The monoisotopic (exact) mass is 278 g/mol. The molecule has 0 saturated carbocycles. The largest absolute Gasteiger partial charge is 0.389 e. The van der Waals surface area contributed by atoms with Gasteiger partial charge >= 0.3 is 0 Å². The van der Waals surface area contributed by atoms with E-state index in [1.54, 1.807) is 13.0 Å². The Bertz CT molecular complexity index is 478. The van der Waals surface area contributed by atoms with Crippen molar-refractivity contribution in [2.45, 2.75) is 38.3 Å². The molecule has 0 amide bonds. The molecule has 20 heavy (non-hydrogen) atoms. The van der Waals surface area contributed by atoms with Crippen molar-refractivity contribution in [1.82, 2.24) is 4.90 Å². The summed E-state index contributed by atoms with van der Waals surface area (Å²) in [6.07, 6.45) is 2.88. The van der Waals surface area contributed by atoms with Crippen LogP contribution in [0.5, 0.6) is 0 Å². The van der Waals surface area contributed by atoms with E-state index in [1.165, 1.54) is 25.5 Å². The van der Waals surface area contributed by atoms with Gasteiger partial charge in [0, 0.05) is 31.2 Å². The molecule has 2 heterocycles. The Hall–Kier alpha value is -1.13. The molecule has 110 valence electrons. The number of benzene rings is 1. The average Bonchev–Trinajstić information content (AvgIpc) is 2.76. The summed E-state index contributed by atoms with van der Waals surface area (Å²) in [7, 11) is 0. The van der Waals surface area contributed by atoms with Crippen LogP contribution in [-0.2, 0) is 0 Å². The third kappa shape index (κ3) is 2.54. The first-order valence-electron chi connectivity index (χ1n) is 7.62. The van der Waals surface area contributed by atoms with E-state index in [1.807, 2.05) is 6.07 Å². The van der Waals surface area contributed by atoms with Gasteiger partial charge in [-0.15, -0.1) is 0 Å². The van der Waals surface area contributed by atoms with Crippen molar-refractivity contribution in [2.24, 2.45) is 0 Å². The highest BCUT2D eigenvalue weighted by Gasteiger charge is 2.30. The Morgan fingerprint density at radius 2 is 2.05 bits per heavy atom. The zero-order chi connectivity index (χ0) is 14.1. The van der Waals surface area contributed by atoms with Gasteiger partial charge in [0.05, 0.1) is 11.8 Å². The van der Waals surface area contributed by atoms with E-state index in [0.717, 1.165) is 26.1 Å². The standard InChI is InChI=1S/C16H23FN2O/c1-12(20)14-6-2-7-15(17)16(14)19-10-4-9-18-8-3-5-13(18)11-19/h2,6-7,12-13,20H,3-5,8-11H2,1H3/t12-,13?/m0/s1. The first kappa shape index (κ1) is 13.8. The third-order valence-corrected chi connectivity index (χ3v) is 4.59. The Morgan fingerprint density at radius 1 is 1.25 bits per heavy atom. The predicted molar refractivity (Wildman–Crippen MR) is 78.5 cm³/mol. The van der Waals surface area contributed by atoms with Crippen LogP contribution in [0, 0.1) is 5.82 Å². The second-order valence-electron chi connectivity index (χ2n) is 5.99. The van der Waals surface area contributed by atoms with Crippen molar-refractivity contribution in [1.29, 1.82) is 0 Å². The molecule has 1 aromatic rings. The van der Waals surface area contributed by atoms with E-state index < -0.39 is 6.10 Å². The van der Waals surface area contributed by atoms with Crippen LogP contribution in [0.1, 0.15) is 37.9 Å². The summed E-state index contributed by atoms with van der Waals surface area (Å²) in [5.74, 6) is -0.213. The number of anilines is 1. The molecule has 0 spiro atoms. The van der Waals surface area contributed by atoms with Crippen LogP contribution in [0.25, 0.3) is 0 Å². The molecule has 3 rings (SSSR count). The smallest absolute Gasteiger partial charge is 0.146 e. The maximum absolute atomic E-state index is 14.3. The van der Waals surface area contributed by atoms with Gasteiger partial charge in [0.25, 0.3) is 0 Å². The highest BCUT2D eigenvalue weighted by Crippen LogP contribution is 2.32. The first-order valence-corrected chi connectivity index (χ1v) is 7.62. The number of hydrogen-bond acceptors (Lipinski definition) is 3. The molecule has 0 bridgehead atoms. The molecule has 2 fully saturated rings. The zero-order valence-corrected chi connectivity index (χ0v) is 12.1. The molecule has 1 N–H and O–H groups in total. The number of aliphatic hydroxyl groups excluding tert-OH is 1. The molecule has 2 atom stereocenters. The SMILES string of the molecule is C[C@H](O)c1cccc(F)c1N1CCCN2CCCC2C1. The van der Waals surface area contributed by atoms with Crippen LogP contribution in [0.2, 0.25) is 0 Å². The van der Waals surface area contributed by atoms with Crippen LogP contribution in [0.4, 0.5) is 10.1 Å². The summed E-state index contributed by atoms with van der Waals surface area (Å²) < 4.78 is 14.3. The molecule has 2 aliphatic heterocycles. The Labute approximate surface area is 120 Å². The van der Waals surface area contributed by atoms with E-state index in [9.17, 15) is 9.50 Å². The van der Waals surface area contributed by atoms with Crippen LogP contribution in [-0.4, -0.2) is 42.2 Å². The topological polar surface area (TPSA) is 26.7 Å². The fourth-order valence-corrected chi connectivity index (χ4v) is 3.61. The predicted octanol–water partition coefficient (Wildman–Crippen LogP) is 2.55. The summed E-state index contributed by atoms with van der Waals surface area (Å²) in [5.41, 5.74) is 1.31. The number of para-hydroxylation sites is 1. The molecular formula is C16H23FN2O. The summed E-state index contributed by atoms with van der Waals surface area (Å²) in [6, 6.07) is 5.55. The number of halogens is 1. The molecule has 3 nitrogen and oxygen atoms in total. The van der Waals surface area contributed by atoms with Gasteiger partial charge in [-0.3, -0.25) is 4.90 Å². The molecule has 1 aromatic carbocycles. The summed E-state index contributed by atoms with van der Waals surface area (Å²) in [4.78, 5) is 4.68. The van der Waals surface area contributed by atoms with Gasteiger partial charge in [-0.25, -0.2) is 4.39 Å². The molecular weight excluding hydrogens is 255 g/mol. The van der Waals surface area contributed by atoms with Crippen LogP contribution >= 0.6 is 0 Å². The van der Waals surface area contributed by atoms with Crippen LogP contribution < -0.4 is 4.90 Å². The van der Waals surface area contributed by atoms with E-state index in [4.69, 9.17) is 0 Å². The number of aliphatic hydroxyl groups is 1. The van der Waals surface area contributed by atoms with Gasteiger partial charge in [0.1, 0.15) is 5.82 Å². The summed E-state index contributed by atoms with van der Waals surface area (Å²) in [5, 5.41) is 9.91. The van der Waals surface area contributed by atoms with Gasteiger partial charge < -0.3 is 10.0 Å². The highest BCUT2D eigenvalue weighted by atomic mass is 19.1. The van der Waals surface area contributed by atoms with Crippen molar-refractivity contribution in [3.8, 4) is 0 Å². The number of rotatable bonds is 2. The summed E-state index contributed by atoms with van der Waals surface area (Å²) >= 11 is 0. The van der Waals surface area contributed by atoms with E-state index >= 15 is 0 Å². The molecule has 2 aliphatic rings. The van der Waals surface area contributed by atoms with Crippen LogP contribution in [0.3, 0.4) is 0 Å². The van der Waals surface area contributed by atoms with Crippen molar-refractivity contribution < 1.29 is 9.50 Å². The normalized spacial score (nSPS) is 25.4. The lowest BCUT2D eigenvalue weighted by Gasteiger charge is -2.30. The Balaban J connectivity index is 1.91. The lowest BCUT2D eigenvalue weighted by Crippen LogP contribution is -2.37. The molecule has 0 aliphatic carbocycles. The van der Waals surface area contributed by atoms with Crippen molar-refractivity contribution in [3.05, 3.63) is 29.6 Å². The Kier molecular flexibility index (Phi) is 3.94. The number of fused-ring (bicyclic) bond motifs is 1. The second-order valence-corrected chi connectivity index (χ2v) is 5.99. The molecule has 4 heteroatoms. The second kappa shape index (κ2) is 5.70. The molecule has 0 radical (unpaired) electrons.